The lowest BCUT2D eigenvalue weighted by atomic mass is 10.2. The van der Waals surface area contributed by atoms with Crippen LogP contribution < -0.4 is 10.6 Å². The maximum Gasteiger partial charge on any atom is 0.312 e. The first-order valence-electron chi connectivity index (χ1n) is 5.81. The zero-order valence-electron chi connectivity index (χ0n) is 10.1. The van der Waals surface area contributed by atoms with Crippen LogP contribution in [0.1, 0.15) is 5.56 Å². The average molecular weight is 263 g/mol. The molecule has 1 aliphatic rings. The number of nitrogens with one attached hydrogen (secondary N) is 2. The molecule has 1 saturated heterocycles. The van der Waals surface area contributed by atoms with Crippen molar-refractivity contribution in [1.82, 2.24) is 10.3 Å². The number of hydrogen-bond donors (Lipinski definition) is 2. The molecule has 2 rings (SSSR count). The molecule has 2 heterocycles. The topological polar surface area (TPSA) is 113 Å². The van der Waals surface area contributed by atoms with Gasteiger partial charge < -0.3 is 15.4 Å². The summed E-state index contributed by atoms with van der Waals surface area (Å²) in [6, 6.07) is 3.03. The Morgan fingerprint density at radius 3 is 3.21 bits per heavy atom. The first-order valence-corrected chi connectivity index (χ1v) is 5.81. The third-order valence-electron chi connectivity index (χ3n) is 2.69. The lowest BCUT2D eigenvalue weighted by Crippen LogP contribution is -2.42. The summed E-state index contributed by atoms with van der Waals surface area (Å²) in [4.78, 5) is 14.3. The molecule has 0 aromatic carbocycles. The van der Waals surface area contributed by atoms with Crippen LogP contribution in [0.3, 0.4) is 0 Å². The van der Waals surface area contributed by atoms with Crippen LogP contribution in [-0.4, -0.2) is 42.3 Å². The molecular formula is C11H13N5O3. The van der Waals surface area contributed by atoms with E-state index in [0.717, 1.165) is 6.54 Å². The molecule has 1 atom stereocenters. The summed E-state index contributed by atoms with van der Waals surface area (Å²) in [5.74, 6) is 0.151. The van der Waals surface area contributed by atoms with Gasteiger partial charge in [0.1, 0.15) is 6.07 Å². The van der Waals surface area contributed by atoms with Gasteiger partial charge >= 0.3 is 5.69 Å². The molecule has 1 unspecified atom stereocenters. The van der Waals surface area contributed by atoms with E-state index in [4.69, 9.17) is 10.00 Å². The Morgan fingerprint density at radius 1 is 1.74 bits per heavy atom. The third-order valence-corrected chi connectivity index (χ3v) is 2.69. The predicted molar refractivity (Wildman–Crippen MR) is 66.7 cm³/mol. The molecule has 100 valence electrons. The lowest BCUT2D eigenvalue weighted by Gasteiger charge is -2.23. The number of aromatic nitrogens is 1. The van der Waals surface area contributed by atoms with Crippen molar-refractivity contribution in [2.24, 2.45) is 0 Å². The summed E-state index contributed by atoms with van der Waals surface area (Å²) < 4.78 is 5.47. The highest BCUT2D eigenvalue weighted by Crippen LogP contribution is 2.22. The van der Waals surface area contributed by atoms with E-state index in [0.29, 0.717) is 19.7 Å². The molecule has 1 aliphatic heterocycles. The minimum absolute atomic E-state index is 0.0502. The second-order valence-corrected chi connectivity index (χ2v) is 4.04. The van der Waals surface area contributed by atoms with Gasteiger partial charge in [-0.05, 0) is 0 Å². The van der Waals surface area contributed by atoms with Gasteiger partial charge in [-0.15, -0.1) is 0 Å². The van der Waals surface area contributed by atoms with Crippen molar-refractivity contribution in [3.63, 3.8) is 0 Å². The second-order valence-electron chi connectivity index (χ2n) is 4.04. The molecule has 0 radical (unpaired) electrons. The highest BCUT2D eigenvalue weighted by molar-refractivity contribution is 5.58. The molecule has 2 N–H and O–H groups in total. The van der Waals surface area contributed by atoms with Gasteiger partial charge in [0.15, 0.2) is 0 Å². The number of nitro groups is 1. The smallest absolute Gasteiger partial charge is 0.312 e. The Bertz CT molecular complexity index is 508. The van der Waals surface area contributed by atoms with Gasteiger partial charge in [-0.1, -0.05) is 0 Å². The molecular weight excluding hydrogens is 250 g/mol. The largest absolute Gasteiger partial charge is 0.374 e. The summed E-state index contributed by atoms with van der Waals surface area (Å²) >= 11 is 0. The van der Waals surface area contributed by atoms with Gasteiger partial charge in [0.05, 0.1) is 23.2 Å². The van der Waals surface area contributed by atoms with Crippen LogP contribution in [0.2, 0.25) is 0 Å². The molecule has 8 nitrogen and oxygen atoms in total. The van der Waals surface area contributed by atoms with E-state index in [9.17, 15) is 10.1 Å². The minimum Gasteiger partial charge on any atom is -0.374 e. The number of ether oxygens (including phenoxy) is 1. The van der Waals surface area contributed by atoms with Crippen LogP contribution in [0.15, 0.2) is 12.3 Å². The number of hydrogen-bond acceptors (Lipinski definition) is 7. The van der Waals surface area contributed by atoms with E-state index >= 15 is 0 Å². The fourth-order valence-corrected chi connectivity index (χ4v) is 1.75. The van der Waals surface area contributed by atoms with Crippen molar-refractivity contribution in [3.05, 3.63) is 27.9 Å². The summed E-state index contributed by atoms with van der Waals surface area (Å²) in [7, 11) is 0. The number of nitriles is 1. The van der Waals surface area contributed by atoms with Gasteiger partial charge in [0.25, 0.3) is 0 Å². The molecule has 1 fully saturated rings. The maximum atomic E-state index is 10.9. The van der Waals surface area contributed by atoms with Crippen molar-refractivity contribution in [2.45, 2.75) is 6.10 Å². The number of anilines is 1. The SMILES string of the molecule is N#Cc1cnc(NCC2CNCCO2)c([N+](=O)[O-])c1. The lowest BCUT2D eigenvalue weighted by molar-refractivity contribution is -0.384. The van der Waals surface area contributed by atoms with Gasteiger partial charge in [-0.3, -0.25) is 10.1 Å². The zero-order valence-corrected chi connectivity index (χ0v) is 10.1. The Hall–Kier alpha value is -2.24. The molecule has 0 bridgehead atoms. The van der Waals surface area contributed by atoms with Gasteiger partial charge in [-0.25, -0.2) is 4.98 Å². The molecule has 8 heteroatoms. The normalized spacial score (nSPS) is 18.6. The predicted octanol–water partition coefficient (Wildman–Crippen LogP) is 0.262. The van der Waals surface area contributed by atoms with Gasteiger partial charge in [0, 0.05) is 31.9 Å². The van der Waals surface area contributed by atoms with Crippen LogP contribution in [-0.2, 0) is 4.74 Å². The number of nitrogens with zero attached hydrogens (tertiary/aromatic N) is 3. The standard InChI is InChI=1S/C11H13N5O3/c12-4-8-3-10(16(17)18)11(14-5-8)15-7-9-6-13-1-2-19-9/h3,5,9,13H,1-2,6-7H2,(H,14,15). The zero-order chi connectivity index (χ0) is 13.7. The molecule has 0 aliphatic carbocycles. The van der Waals surface area contributed by atoms with Crippen molar-refractivity contribution in [3.8, 4) is 6.07 Å². The van der Waals surface area contributed by atoms with Crippen LogP contribution >= 0.6 is 0 Å². The van der Waals surface area contributed by atoms with Crippen molar-refractivity contribution < 1.29 is 9.66 Å². The van der Waals surface area contributed by atoms with Crippen LogP contribution in [0.4, 0.5) is 11.5 Å². The Kier molecular flexibility index (Phi) is 4.22. The van der Waals surface area contributed by atoms with Gasteiger partial charge in [-0.2, -0.15) is 5.26 Å². The number of pyridine rings is 1. The van der Waals surface area contributed by atoms with E-state index in [1.165, 1.54) is 12.3 Å². The third kappa shape index (κ3) is 3.37. The Morgan fingerprint density at radius 2 is 2.58 bits per heavy atom. The second kappa shape index (κ2) is 6.08. The van der Waals surface area contributed by atoms with Crippen LogP contribution in [0.5, 0.6) is 0 Å². The molecule has 0 saturated carbocycles. The van der Waals surface area contributed by atoms with E-state index in [2.05, 4.69) is 15.6 Å². The highest BCUT2D eigenvalue weighted by Gasteiger charge is 2.19. The average Bonchev–Trinajstić information content (AvgIpc) is 2.46. The first kappa shape index (κ1) is 13.2. The van der Waals surface area contributed by atoms with Crippen molar-refractivity contribution in [1.29, 1.82) is 5.26 Å². The Balaban J connectivity index is 2.06. The van der Waals surface area contributed by atoms with E-state index in [1.54, 1.807) is 0 Å². The van der Waals surface area contributed by atoms with E-state index < -0.39 is 4.92 Å². The quantitative estimate of drug-likeness (QED) is 0.591. The summed E-state index contributed by atoms with van der Waals surface area (Å²) in [6.45, 7) is 2.55. The summed E-state index contributed by atoms with van der Waals surface area (Å²) in [6.07, 6.45) is 1.25. The van der Waals surface area contributed by atoms with Crippen LogP contribution in [0.25, 0.3) is 0 Å². The van der Waals surface area contributed by atoms with E-state index in [-0.39, 0.29) is 23.2 Å². The monoisotopic (exact) mass is 263 g/mol. The van der Waals surface area contributed by atoms with E-state index in [1.807, 2.05) is 6.07 Å². The van der Waals surface area contributed by atoms with Crippen LogP contribution in [0, 0.1) is 21.4 Å². The molecule has 0 amide bonds. The number of morpholine rings is 1. The number of rotatable bonds is 4. The molecule has 0 spiro atoms. The Labute approximate surface area is 109 Å². The maximum absolute atomic E-state index is 10.9. The van der Waals surface area contributed by atoms with Crippen molar-refractivity contribution in [2.75, 3.05) is 31.6 Å². The summed E-state index contributed by atoms with van der Waals surface area (Å²) in [5, 5.41) is 25.7. The molecule has 1 aromatic heterocycles. The minimum atomic E-state index is -0.559. The molecule has 1 aromatic rings. The summed E-state index contributed by atoms with van der Waals surface area (Å²) in [5.41, 5.74) is -0.0457. The first-order chi connectivity index (χ1) is 9.20. The fraction of sp³-hybridized carbons (Fsp3) is 0.455. The highest BCUT2D eigenvalue weighted by atomic mass is 16.6. The van der Waals surface area contributed by atoms with Gasteiger partial charge in [0.2, 0.25) is 5.82 Å². The fourth-order valence-electron chi connectivity index (χ4n) is 1.75. The van der Waals surface area contributed by atoms with Crippen molar-refractivity contribution >= 4 is 11.5 Å². The molecule has 19 heavy (non-hydrogen) atoms.